The molecule has 0 aliphatic heterocycles. The Balaban J connectivity index is 0. The van der Waals surface area contributed by atoms with Crippen LogP contribution in [0.2, 0.25) is 0 Å². The number of ether oxygens (including phenoxy) is 2. The van der Waals surface area contributed by atoms with Crippen molar-refractivity contribution in [3.63, 3.8) is 0 Å². The van der Waals surface area contributed by atoms with Gasteiger partial charge in [-0.1, -0.05) is 13.3 Å². The summed E-state index contributed by atoms with van der Waals surface area (Å²) >= 11 is 0. The molecule has 0 saturated carbocycles. The van der Waals surface area contributed by atoms with Crippen LogP contribution in [0.5, 0.6) is 0 Å². The van der Waals surface area contributed by atoms with Crippen molar-refractivity contribution in [1.82, 2.24) is 0 Å². The Hall–Kier alpha value is -0.0100. The summed E-state index contributed by atoms with van der Waals surface area (Å²) in [5.41, 5.74) is 0. The van der Waals surface area contributed by atoms with Crippen LogP contribution in [-0.4, -0.2) is 52.8 Å². The lowest BCUT2D eigenvalue weighted by molar-refractivity contribution is 0.0324. The summed E-state index contributed by atoms with van der Waals surface area (Å²) in [4.78, 5) is 21.6. The lowest BCUT2D eigenvalue weighted by Crippen LogP contribution is -2.07. The Morgan fingerprint density at radius 3 is 1.81 bits per heavy atom. The summed E-state index contributed by atoms with van der Waals surface area (Å²) in [7, 11) is -4.64. The molecule has 0 amide bonds. The Bertz CT molecular complexity index is 154. The molecular formula is C8H21O7P. The van der Waals surface area contributed by atoms with Gasteiger partial charge in [-0.2, -0.15) is 0 Å². The molecule has 0 spiro atoms. The van der Waals surface area contributed by atoms with Crippen LogP contribution < -0.4 is 0 Å². The van der Waals surface area contributed by atoms with Crippen LogP contribution in [-0.2, 0) is 14.0 Å². The molecule has 4 N–H and O–H groups in total. The maximum absolute atomic E-state index is 8.88. The summed E-state index contributed by atoms with van der Waals surface area (Å²) in [5, 5.41) is 8.34. The van der Waals surface area contributed by atoms with E-state index in [2.05, 4.69) is 6.92 Å². The molecule has 0 radical (unpaired) electrons. The molecule has 0 bridgehead atoms. The molecule has 0 unspecified atom stereocenters. The molecule has 16 heavy (non-hydrogen) atoms. The van der Waals surface area contributed by atoms with E-state index in [0.29, 0.717) is 19.8 Å². The molecule has 0 heterocycles. The maximum Gasteiger partial charge on any atom is 0.466 e. The lowest BCUT2D eigenvalue weighted by Gasteiger charge is -2.02. The monoisotopic (exact) mass is 260 g/mol. The number of hydrogen-bond acceptors (Lipinski definition) is 4. The number of phosphoric acid groups is 1. The molecule has 100 valence electrons. The van der Waals surface area contributed by atoms with E-state index in [0.717, 1.165) is 19.4 Å². The summed E-state index contributed by atoms with van der Waals surface area (Å²) in [5.74, 6) is 0. The van der Waals surface area contributed by atoms with Crippen molar-refractivity contribution in [2.45, 2.75) is 19.8 Å². The third kappa shape index (κ3) is 37.0. The molecule has 0 aliphatic carbocycles. The molecular weight excluding hydrogens is 239 g/mol. The van der Waals surface area contributed by atoms with Crippen molar-refractivity contribution in [1.29, 1.82) is 0 Å². The van der Waals surface area contributed by atoms with Crippen LogP contribution in [0.15, 0.2) is 0 Å². The van der Waals surface area contributed by atoms with Crippen molar-refractivity contribution >= 4 is 7.82 Å². The van der Waals surface area contributed by atoms with Gasteiger partial charge in [0.1, 0.15) is 0 Å². The van der Waals surface area contributed by atoms with Crippen LogP contribution in [0.1, 0.15) is 19.8 Å². The minimum atomic E-state index is -4.64. The Labute approximate surface area is 95.3 Å². The summed E-state index contributed by atoms with van der Waals surface area (Å²) < 4.78 is 19.1. The number of aliphatic hydroxyl groups excluding tert-OH is 1. The zero-order valence-electron chi connectivity index (χ0n) is 9.41. The third-order valence-electron chi connectivity index (χ3n) is 1.25. The van der Waals surface area contributed by atoms with Crippen molar-refractivity contribution in [2.24, 2.45) is 0 Å². The van der Waals surface area contributed by atoms with E-state index in [1.807, 2.05) is 0 Å². The molecule has 8 heteroatoms. The van der Waals surface area contributed by atoms with Gasteiger partial charge in [0.05, 0.1) is 26.4 Å². The zero-order valence-corrected chi connectivity index (χ0v) is 10.3. The highest BCUT2D eigenvalue weighted by molar-refractivity contribution is 7.45. The molecule has 0 fully saturated rings. The summed E-state index contributed by atoms with van der Waals surface area (Å²) in [6.07, 6.45) is 2.28. The quantitative estimate of drug-likeness (QED) is 0.355. The first-order valence-corrected chi connectivity index (χ1v) is 6.53. The van der Waals surface area contributed by atoms with E-state index in [9.17, 15) is 0 Å². The van der Waals surface area contributed by atoms with Crippen LogP contribution in [0.25, 0.3) is 0 Å². The van der Waals surface area contributed by atoms with Gasteiger partial charge in [0.15, 0.2) is 0 Å². The minimum Gasteiger partial charge on any atom is -0.394 e. The minimum absolute atomic E-state index is 0.0922. The lowest BCUT2D eigenvalue weighted by atomic mass is 10.4. The molecule has 0 saturated heterocycles. The fourth-order valence-corrected chi connectivity index (χ4v) is 0.633. The standard InChI is InChI=1S/C8H18O3.H3O4P/c1-2-3-5-10-7-8-11-6-4-9;1-5(2,3)4/h9H,2-8H2,1H3;(H3,1,2,3,4). The number of rotatable bonds is 8. The first kappa shape index (κ1) is 18.4. The zero-order chi connectivity index (χ0) is 12.9. The number of unbranched alkanes of at least 4 members (excludes halogenated alkanes) is 1. The van der Waals surface area contributed by atoms with Crippen molar-refractivity contribution < 1.29 is 33.8 Å². The van der Waals surface area contributed by atoms with Crippen LogP contribution >= 0.6 is 7.82 Å². The fraction of sp³-hybridized carbons (Fsp3) is 1.00. The van der Waals surface area contributed by atoms with Gasteiger partial charge in [-0.15, -0.1) is 0 Å². The van der Waals surface area contributed by atoms with Gasteiger partial charge in [-0.05, 0) is 6.42 Å². The predicted molar refractivity (Wildman–Crippen MR) is 57.9 cm³/mol. The second-order valence-electron chi connectivity index (χ2n) is 2.82. The number of aliphatic hydroxyl groups is 1. The van der Waals surface area contributed by atoms with Gasteiger partial charge in [0.25, 0.3) is 0 Å². The average Bonchev–Trinajstić information content (AvgIpc) is 2.14. The molecule has 0 aromatic heterocycles. The first-order chi connectivity index (χ1) is 7.41. The molecule has 0 aliphatic rings. The van der Waals surface area contributed by atoms with Gasteiger partial charge in [-0.3, -0.25) is 0 Å². The van der Waals surface area contributed by atoms with Gasteiger partial charge in [-0.25, -0.2) is 4.57 Å². The van der Waals surface area contributed by atoms with Gasteiger partial charge >= 0.3 is 7.82 Å². The third-order valence-corrected chi connectivity index (χ3v) is 1.25. The molecule has 0 aromatic rings. The summed E-state index contributed by atoms with van der Waals surface area (Å²) in [6, 6.07) is 0. The normalized spacial score (nSPS) is 10.8. The van der Waals surface area contributed by atoms with E-state index < -0.39 is 7.82 Å². The first-order valence-electron chi connectivity index (χ1n) is 4.96. The van der Waals surface area contributed by atoms with Gasteiger partial charge < -0.3 is 29.3 Å². The van der Waals surface area contributed by atoms with E-state index >= 15 is 0 Å². The van der Waals surface area contributed by atoms with E-state index in [1.54, 1.807) is 0 Å². The summed E-state index contributed by atoms with van der Waals surface area (Å²) in [6.45, 7) is 4.68. The van der Waals surface area contributed by atoms with Crippen molar-refractivity contribution in [3.05, 3.63) is 0 Å². The highest BCUT2D eigenvalue weighted by Gasteiger charge is 2.00. The molecule has 7 nitrogen and oxygen atoms in total. The highest BCUT2D eigenvalue weighted by atomic mass is 31.2. The van der Waals surface area contributed by atoms with E-state index in [-0.39, 0.29) is 6.61 Å². The maximum atomic E-state index is 8.88. The topological polar surface area (TPSA) is 116 Å². The van der Waals surface area contributed by atoms with Crippen LogP contribution in [0.4, 0.5) is 0 Å². The Morgan fingerprint density at radius 2 is 1.44 bits per heavy atom. The second-order valence-corrected chi connectivity index (χ2v) is 3.84. The van der Waals surface area contributed by atoms with E-state index in [4.69, 9.17) is 33.8 Å². The largest absolute Gasteiger partial charge is 0.466 e. The fourth-order valence-electron chi connectivity index (χ4n) is 0.633. The van der Waals surface area contributed by atoms with Gasteiger partial charge in [0.2, 0.25) is 0 Å². The van der Waals surface area contributed by atoms with E-state index in [1.165, 1.54) is 0 Å². The van der Waals surface area contributed by atoms with Crippen molar-refractivity contribution in [2.75, 3.05) is 33.0 Å². The van der Waals surface area contributed by atoms with Gasteiger partial charge in [0, 0.05) is 6.61 Å². The Kier molecular flexibility index (Phi) is 15.0. The number of hydrogen-bond donors (Lipinski definition) is 4. The molecule has 0 atom stereocenters. The average molecular weight is 260 g/mol. The Morgan fingerprint density at radius 1 is 1.00 bits per heavy atom. The van der Waals surface area contributed by atoms with Crippen LogP contribution in [0, 0.1) is 0 Å². The predicted octanol–water partition coefficient (Wildman–Crippen LogP) is -0.117. The smallest absolute Gasteiger partial charge is 0.394 e. The van der Waals surface area contributed by atoms with Crippen LogP contribution in [0.3, 0.4) is 0 Å². The highest BCUT2D eigenvalue weighted by Crippen LogP contribution is 2.25. The molecule has 0 rings (SSSR count). The van der Waals surface area contributed by atoms with Crippen molar-refractivity contribution in [3.8, 4) is 0 Å². The second kappa shape index (κ2) is 13.1. The SMILES string of the molecule is CCCCOCCOCCO.O=P(O)(O)O. The molecule has 0 aromatic carbocycles.